The molecule has 1 aliphatic rings. The Bertz CT molecular complexity index is 1210. The van der Waals surface area contributed by atoms with Crippen LogP contribution in [0, 0.1) is 0 Å². The van der Waals surface area contributed by atoms with Gasteiger partial charge in [0.1, 0.15) is 5.75 Å². The van der Waals surface area contributed by atoms with Crippen LogP contribution in [0.2, 0.25) is 10.0 Å². The molecule has 0 spiro atoms. The van der Waals surface area contributed by atoms with E-state index in [1.165, 1.54) is 0 Å². The van der Waals surface area contributed by atoms with E-state index in [4.69, 9.17) is 41.9 Å². The van der Waals surface area contributed by atoms with Gasteiger partial charge in [0.25, 0.3) is 0 Å². The zero-order chi connectivity index (χ0) is 20.7. The number of methoxy groups -OCH3 is 1. The van der Waals surface area contributed by atoms with E-state index in [2.05, 4.69) is 5.16 Å². The normalized spacial score (nSPS) is 15.6. The molecular weight excluding hydrogens is 425 g/mol. The number of aromatic nitrogens is 1. The lowest BCUT2D eigenvalue weighted by molar-refractivity contribution is -0.129. The van der Waals surface area contributed by atoms with Gasteiger partial charge < -0.3 is 18.7 Å². The zero-order valence-electron chi connectivity index (χ0n) is 16.0. The fraction of sp³-hybridized carbons (Fsp3) is 0.174. The third-order valence-electron chi connectivity index (χ3n) is 5.15. The van der Waals surface area contributed by atoms with Crippen LogP contribution in [-0.2, 0) is 15.3 Å². The second kappa shape index (κ2) is 7.60. The van der Waals surface area contributed by atoms with E-state index >= 15 is 0 Å². The second-order valence-corrected chi connectivity index (χ2v) is 7.79. The summed E-state index contributed by atoms with van der Waals surface area (Å²) in [6.45, 7) is 0.932. The first-order valence-corrected chi connectivity index (χ1v) is 10.1. The summed E-state index contributed by atoms with van der Waals surface area (Å²) in [6, 6.07) is 18.7. The molecule has 2 heterocycles. The van der Waals surface area contributed by atoms with Crippen LogP contribution in [0.3, 0.4) is 0 Å². The maximum Gasteiger partial charge on any atom is 0.222 e. The Morgan fingerprint density at radius 2 is 1.67 bits per heavy atom. The van der Waals surface area contributed by atoms with Crippen molar-refractivity contribution in [2.75, 3.05) is 20.3 Å². The van der Waals surface area contributed by atoms with Gasteiger partial charge in [-0.1, -0.05) is 52.6 Å². The van der Waals surface area contributed by atoms with Crippen LogP contribution in [-0.4, -0.2) is 25.5 Å². The van der Waals surface area contributed by atoms with E-state index in [-0.39, 0.29) is 0 Å². The molecule has 3 aromatic carbocycles. The maximum atomic E-state index is 6.18. The number of halogens is 2. The van der Waals surface area contributed by atoms with Gasteiger partial charge in [-0.3, -0.25) is 0 Å². The maximum absolute atomic E-state index is 6.18. The van der Waals surface area contributed by atoms with E-state index in [1.54, 1.807) is 7.11 Å². The molecule has 0 N–H and O–H groups in total. The summed E-state index contributed by atoms with van der Waals surface area (Å²) in [7, 11) is 1.59. The summed E-state index contributed by atoms with van der Waals surface area (Å²) in [5.41, 5.74) is 3.04. The lowest BCUT2D eigenvalue weighted by Crippen LogP contribution is -2.28. The van der Waals surface area contributed by atoms with Crippen molar-refractivity contribution in [2.24, 2.45) is 0 Å². The van der Waals surface area contributed by atoms with Gasteiger partial charge in [-0.25, -0.2) is 0 Å². The van der Waals surface area contributed by atoms with Crippen LogP contribution in [0.25, 0.3) is 22.2 Å². The number of hydrogen-bond donors (Lipinski definition) is 0. The average Bonchev–Trinajstić information content (AvgIpc) is 3.42. The third kappa shape index (κ3) is 3.15. The minimum atomic E-state index is -1.07. The van der Waals surface area contributed by atoms with Crippen molar-refractivity contribution in [3.63, 3.8) is 0 Å². The highest BCUT2D eigenvalue weighted by atomic mass is 35.5. The standard InChI is InChI=1S/C23H17Cl2NO4/c1-27-20-13-16(23(28-9-10-29-23)15-5-7-17(24)8-6-15)12-19-21(20)26-30-22(19)14-3-2-4-18(25)11-14/h2-8,11-13H,9-10H2,1H3. The monoisotopic (exact) mass is 441 g/mol. The first-order valence-electron chi connectivity index (χ1n) is 9.38. The van der Waals surface area contributed by atoms with Crippen molar-refractivity contribution in [1.29, 1.82) is 0 Å². The van der Waals surface area contributed by atoms with Crippen LogP contribution in [0.4, 0.5) is 0 Å². The Labute approximate surface area is 183 Å². The first-order chi connectivity index (χ1) is 14.6. The molecule has 0 saturated carbocycles. The van der Waals surface area contributed by atoms with E-state index in [9.17, 15) is 0 Å². The summed E-state index contributed by atoms with van der Waals surface area (Å²) < 4.78 is 23.6. The highest BCUT2D eigenvalue weighted by molar-refractivity contribution is 6.31. The van der Waals surface area contributed by atoms with Gasteiger partial charge in [-0.15, -0.1) is 0 Å². The molecule has 0 radical (unpaired) electrons. The molecule has 4 aromatic rings. The molecule has 152 valence electrons. The molecule has 30 heavy (non-hydrogen) atoms. The van der Waals surface area contributed by atoms with Crippen LogP contribution in [0.1, 0.15) is 11.1 Å². The van der Waals surface area contributed by atoms with Gasteiger partial charge in [0.05, 0.1) is 25.7 Å². The van der Waals surface area contributed by atoms with Gasteiger partial charge in [0.2, 0.25) is 5.79 Å². The molecule has 0 unspecified atom stereocenters. The molecule has 0 bridgehead atoms. The Hall–Kier alpha value is -2.57. The molecule has 0 amide bonds. The fourth-order valence-electron chi connectivity index (χ4n) is 3.78. The molecule has 0 atom stereocenters. The van der Waals surface area contributed by atoms with Crippen LogP contribution in [0.15, 0.2) is 65.2 Å². The van der Waals surface area contributed by atoms with E-state index in [1.807, 2.05) is 60.7 Å². The molecule has 1 fully saturated rings. The van der Waals surface area contributed by atoms with Gasteiger partial charge in [-0.05, 0) is 36.4 Å². The molecule has 5 nitrogen and oxygen atoms in total. The third-order valence-corrected chi connectivity index (χ3v) is 5.64. The number of benzene rings is 3. The van der Waals surface area contributed by atoms with Crippen molar-refractivity contribution in [1.82, 2.24) is 5.16 Å². The smallest absolute Gasteiger partial charge is 0.222 e. The SMILES string of the molecule is COc1cc(C2(c3ccc(Cl)cc3)OCCO2)cc2c(-c3cccc(Cl)c3)onc12. The average molecular weight is 442 g/mol. The summed E-state index contributed by atoms with van der Waals surface area (Å²) in [5, 5.41) is 6.26. The number of nitrogens with zero attached hydrogens (tertiary/aromatic N) is 1. The largest absolute Gasteiger partial charge is 0.494 e. The molecule has 1 saturated heterocycles. The molecule has 1 aliphatic heterocycles. The Morgan fingerprint density at radius 3 is 2.37 bits per heavy atom. The molecule has 7 heteroatoms. The highest BCUT2D eigenvalue weighted by Gasteiger charge is 2.41. The quantitative estimate of drug-likeness (QED) is 0.385. The number of fused-ring (bicyclic) bond motifs is 1. The topological polar surface area (TPSA) is 53.7 Å². The summed E-state index contributed by atoms with van der Waals surface area (Å²) in [5.74, 6) is 0.0819. The van der Waals surface area contributed by atoms with Crippen molar-refractivity contribution in [2.45, 2.75) is 5.79 Å². The van der Waals surface area contributed by atoms with Crippen LogP contribution in [0.5, 0.6) is 5.75 Å². The predicted octanol–water partition coefficient (Wildman–Crippen LogP) is 6.06. The van der Waals surface area contributed by atoms with E-state index in [0.717, 1.165) is 22.1 Å². The Kier molecular flexibility index (Phi) is 4.91. The second-order valence-electron chi connectivity index (χ2n) is 6.92. The number of hydrogen-bond acceptors (Lipinski definition) is 5. The highest BCUT2D eigenvalue weighted by Crippen LogP contribution is 2.44. The minimum Gasteiger partial charge on any atom is -0.494 e. The minimum absolute atomic E-state index is 0.466. The fourth-order valence-corrected chi connectivity index (χ4v) is 4.10. The van der Waals surface area contributed by atoms with Crippen LogP contribution >= 0.6 is 23.2 Å². The van der Waals surface area contributed by atoms with Gasteiger partial charge in [0.15, 0.2) is 11.3 Å². The lowest BCUT2D eigenvalue weighted by Gasteiger charge is -2.28. The summed E-state index contributed by atoms with van der Waals surface area (Å²) in [4.78, 5) is 0. The van der Waals surface area contributed by atoms with Crippen molar-refractivity contribution >= 4 is 34.1 Å². The molecule has 1 aromatic heterocycles. The first kappa shape index (κ1) is 19.4. The van der Waals surface area contributed by atoms with Gasteiger partial charge in [0, 0.05) is 26.7 Å². The summed E-state index contributed by atoms with van der Waals surface area (Å²) >= 11 is 12.3. The van der Waals surface area contributed by atoms with Crippen LogP contribution < -0.4 is 4.74 Å². The molecular formula is C23H17Cl2NO4. The Balaban J connectivity index is 1.74. The number of rotatable bonds is 4. The lowest BCUT2D eigenvalue weighted by atomic mass is 9.94. The summed E-state index contributed by atoms with van der Waals surface area (Å²) in [6.07, 6.45) is 0. The van der Waals surface area contributed by atoms with Crippen molar-refractivity contribution in [3.8, 4) is 17.1 Å². The van der Waals surface area contributed by atoms with E-state index < -0.39 is 5.79 Å². The predicted molar refractivity (Wildman–Crippen MR) is 115 cm³/mol. The van der Waals surface area contributed by atoms with Gasteiger partial charge in [-0.2, -0.15) is 0 Å². The van der Waals surface area contributed by atoms with Crippen molar-refractivity contribution < 1.29 is 18.7 Å². The zero-order valence-corrected chi connectivity index (χ0v) is 17.5. The van der Waals surface area contributed by atoms with Crippen molar-refractivity contribution in [3.05, 3.63) is 81.8 Å². The number of ether oxygens (including phenoxy) is 3. The van der Waals surface area contributed by atoms with E-state index in [0.29, 0.717) is 40.3 Å². The molecule has 0 aliphatic carbocycles. The van der Waals surface area contributed by atoms with Gasteiger partial charge >= 0.3 is 0 Å². The Morgan fingerprint density at radius 1 is 0.900 bits per heavy atom. The molecule has 5 rings (SSSR count).